The number of ether oxygens (including phenoxy) is 2. The molecule has 25 heavy (non-hydrogen) atoms. The molecule has 0 fully saturated rings. The van der Waals surface area contributed by atoms with E-state index in [-0.39, 0.29) is 12.5 Å². The smallest absolute Gasteiger partial charge is 0.259 e. The number of likely N-dealkylation sites (N-methyl/N-ethyl adjacent to an activating group) is 1. The summed E-state index contributed by atoms with van der Waals surface area (Å²) in [6, 6.07) is 5.43. The number of amides is 1. The molecule has 2 aromatic rings. The van der Waals surface area contributed by atoms with Gasteiger partial charge in [0.15, 0.2) is 29.8 Å². The molecule has 0 aliphatic heterocycles. The quantitative estimate of drug-likeness (QED) is 0.713. The average molecular weight is 345 g/mol. The number of hydrogen-bond acceptors (Lipinski definition) is 6. The van der Waals surface area contributed by atoms with Crippen LogP contribution in [0.5, 0.6) is 11.5 Å². The van der Waals surface area contributed by atoms with Crippen LogP contribution in [0.1, 0.15) is 24.1 Å². The molecule has 1 aromatic heterocycles. The zero-order valence-electron chi connectivity index (χ0n) is 15.2. The minimum atomic E-state index is -0.119. The van der Waals surface area contributed by atoms with Gasteiger partial charge in [-0.25, -0.2) is 4.68 Å². The fourth-order valence-electron chi connectivity index (χ4n) is 2.02. The Labute approximate surface area is 147 Å². The van der Waals surface area contributed by atoms with Crippen molar-refractivity contribution in [2.45, 2.75) is 20.8 Å². The van der Waals surface area contributed by atoms with E-state index in [9.17, 15) is 4.79 Å². The van der Waals surface area contributed by atoms with Gasteiger partial charge in [-0.15, -0.1) is 10.2 Å². The molecule has 0 saturated heterocycles. The van der Waals surface area contributed by atoms with E-state index in [1.54, 1.807) is 31.1 Å². The molecule has 0 bridgehead atoms. The molecule has 2 rings (SSSR count). The molecule has 8 heteroatoms. The van der Waals surface area contributed by atoms with Crippen LogP contribution in [0.25, 0.3) is 0 Å². The van der Waals surface area contributed by atoms with E-state index in [0.717, 1.165) is 5.56 Å². The third-order valence-corrected chi connectivity index (χ3v) is 3.39. The standard InChI is InChI=1S/C17H23N5O3/c1-6-24-16-9-14(10-18-22-12(2)19-20-13(22)3)7-8-15(16)25-11-17(23)21(4)5/h7-10H,6,11H2,1-5H3/b18-10-. The van der Waals surface area contributed by atoms with Crippen LogP contribution in [-0.4, -0.2) is 59.2 Å². The summed E-state index contributed by atoms with van der Waals surface area (Å²) in [6.45, 7) is 6.00. The Kier molecular flexibility index (Phi) is 6.10. The fraction of sp³-hybridized carbons (Fsp3) is 0.412. The number of aryl methyl sites for hydroxylation is 2. The third kappa shape index (κ3) is 4.79. The minimum absolute atomic E-state index is 0.0421. The van der Waals surface area contributed by atoms with Gasteiger partial charge in [0, 0.05) is 14.1 Å². The lowest BCUT2D eigenvalue weighted by Gasteiger charge is -2.14. The predicted octanol–water partition coefficient (Wildman–Crippen LogP) is 1.64. The number of aromatic nitrogens is 3. The Morgan fingerprint density at radius 2 is 1.88 bits per heavy atom. The summed E-state index contributed by atoms with van der Waals surface area (Å²) in [5.41, 5.74) is 0.835. The molecule has 134 valence electrons. The maximum atomic E-state index is 11.7. The first-order valence-corrected chi connectivity index (χ1v) is 7.95. The highest BCUT2D eigenvalue weighted by Gasteiger charge is 2.10. The second-order valence-electron chi connectivity index (χ2n) is 5.57. The van der Waals surface area contributed by atoms with Crippen molar-refractivity contribution in [3.63, 3.8) is 0 Å². The number of benzene rings is 1. The van der Waals surface area contributed by atoms with Crippen molar-refractivity contribution in [3.05, 3.63) is 35.4 Å². The van der Waals surface area contributed by atoms with Crippen LogP contribution in [0.2, 0.25) is 0 Å². The molecule has 0 radical (unpaired) electrons. The number of nitrogens with zero attached hydrogens (tertiary/aromatic N) is 5. The molecular formula is C17H23N5O3. The van der Waals surface area contributed by atoms with E-state index in [1.165, 1.54) is 4.90 Å². The van der Waals surface area contributed by atoms with E-state index in [0.29, 0.717) is 29.8 Å². The number of carbonyl (C=O) groups is 1. The van der Waals surface area contributed by atoms with E-state index in [2.05, 4.69) is 15.3 Å². The lowest BCUT2D eigenvalue weighted by Crippen LogP contribution is -2.27. The van der Waals surface area contributed by atoms with Crippen LogP contribution in [0.15, 0.2) is 23.3 Å². The summed E-state index contributed by atoms with van der Waals surface area (Å²) in [7, 11) is 3.37. The molecule has 0 aliphatic carbocycles. The summed E-state index contributed by atoms with van der Waals surface area (Å²) in [5, 5.41) is 12.3. The Balaban J connectivity index is 2.18. The Morgan fingerprint density at radius 1 is 1.20 bits per heavy atom. The second kappa shape index (κ2) is 8.27. The molecule has 8 nitrogen and oxygen atoms in total. The van der Waals surface area contributed by atoms with Gasteiger partial charge in [-0.2, -0.15) is 5.10 Å². The van der Waals surface area contributed by atoms with Crippen molar-refractivity contribution in [2.75, 3.05) is 27.3 Å². The highest BCUT2D eigenvalue weighted by molar-refractivity contribution is 5.81. The van der Waals surface area contributed by atoms with E-state index < -0.39 is 0 Å². The summed E-state index contributed by atoms with van der Waals surface area (Å²) >= 11 is 0. The monoisotopic (exact) mass is 345 g/mol. The Morgan fingerprint density at radius 3 is 2.48 bits per heavy atom. The number of hydrogen-bond donors (Lipinski definition) is 0. The van der Waals surface area contributed by atoms with Crippen molar-refractivity contribution in [3.8, 4) is 11.5 Å². The van der Waals surface area contributed by atoms with Crippen molar-refractivity contribution in [1.82, 2.24) is 19.8 Å². The molecular weight excluding hydrogens is 322 g/mol. The average Bonchev–Trinajstić information content (AvgIpc) is 2.90. The largest absolute Gasteiger partial charge is 0.490 e. The van der Waals surface area contributed by atoms with Gasteiger partial charge in [-0.1, -0.05) is 0 Å². The normalized spacial score (nSPS) is 10.9. The maximum Gasteiger partial charge on any atom is 0.259 e. The van der Waals surface area contributed by atoms with Crippen LogP contribution in [0.3, 0.4) is 0 Å². The molecule has 0 aliphatic rings. The van der Waals surface area contributed by atoms with Crippen LogP contribution in [-0.2, 0) is 4.79 Å². The minimum Gasteiger partial charge on any atom is -0.490 e. The zero-order chi connectivity index (χ0) is 18.4. The molecule has 1 aromatic carbocycles. The van der Waals surface area contributed by atoms with Gasteiger partial charge in [0.2, 0.25) is 0 Å². The second-order valence-corrected chi connectivity index (χ2v) is 5.57. The topological polar surface area (TPSA) is 81.8 Å². The van der Waals surface area contributed by atoms with Crippen LogP contribution < -0.4 is 9.47 Å². The summed E-state index contributed by atoms with van der Waals surface area (Å²) in [5.74, 6) is 2.38. The Bertz CT molecular complexity index is 748. The molecule has 1 amide bonds. The molecule has 1 heterocycles. The third-order valence-electron chi connectivity index (χ3n) is 3.39. The van der Waals surface area contributed by atoms with Crippen molar-refractivity contribution in [1.29, 1.82) is 0 Å². The van der Waals surface area contributed by atoms with E-state index in [1.807, 2.05) is 32.9 Å². The van der Waals surface area contributed by atoms with Gasteiger partial charge >= 0.3 is 0 Å². The maximum absolute atomic E-state index is 11.7. The zero-order valence-corrected chi connectivity index (χ0v) is 15.2. The van der Waals surface area contributed by atoms with Crippen LogP contribution in [0.4, 0.5) is 0 Å². The molecule has 0 atom stereocenters. The highest BCUT2D eigenvalue weighted by atomic mass is 16.5. The summed E-state index contributed by atoms with van der Waals surface area (Å²) < 4.78 is 12.8. The van der Waals surface area contributed by atoms with Crippen LogP contribution >= 0.6 is 0 Å². The molecule has 0 unspecified atom stereocenters. The SMILES string of the molecule is CCOc1cc(/C=N\n2c(C)nnc2C)ccc1OCC(=O)N(C)C. The van der Waals surface area contributed by atoms with Crippen molar-refractivity contribution in [2.24, 2.45) is 5.10 Å². The van der Waals surface area contributed by atoms with Gasteiger partial charge in [-0.05, 0) is 44.5 Å². The number of carbonyl (C=O) groups excluding carboxylic acids is 1. The first-order chi connectivity index (χ1) is 11.9. The van der Waals surface area contributed by atoms with E-state index in [4.69, 9.17) is 9.47 Å². The lowest BCUT2D eigenvalue weighted by atomic mass is 10.2. The first kappa shape index (κ1) is 18.4. The first-order valence-electron chi connectivity index (χ1n) is 7.95. The summed E-state index contributed by atoms with van der Waals surface area (Å²) in [4.78, 5) is 13.2. The molecule has 0 spiro atoms. The van der Waals surface area contributed by atoms with E-state index >= 15 is 0 Å². The Hall–Kier alpha value is -2.90. The van der Waals surface area contributed by atoms with Gasteiger partial charge in [-0.3, -0.25) is 4.79 Å². The van der Waals surface area contributed by atoms with Gasteiger partial charge in [0.05, 0.1) is 12.8 Å². The lowest BCUT2D eigenvalue weighted by molar-refractivity contribution is -0.130. The van der Waals surface area contributed by atoms with Crippen molar-refractivity contribution < 1.29 is 14.3 Å². The van der Waals surface area contributed by atoms with Gasteiger partial charge in [0.25, 0.3) is 5.91 Å². The van der Waals surface area contributed by atoms with Gasteiger partial charge in [0.1, 0.15) is 0 Å². The van der Waals surface area contributed by atoms with Gasteiger partial charge < -0.3 is 14.4 Å². The van der Waals surface area contributed by atoms with Crippen molar-refractivity contribution >= 4 is 12.1 Å². The fourth-order valence-corrected chi connectivity index (χ4v) is 2.02. The summed E-state index contributed by atoms with van der Waals surface area (Å²) in [6.07, 6.45) is 1.70. The molecule has 0 saturated carbocycles. The highest BCUT2D eigenvalue weighted by Crippen LogP contribution is 2.28. The number of rotatable bonds is 7. The predicted molar refractivity (Wildman–Crippen MR) is 94.3 cm³/mol. The molecule has 0 N–H and O–H groups in total. The van der Waals surface area contributed by atoms with Crippen LogP contribution in [0, 0.1) is 13.8 Å².